The van der Waals surface area contributed by atoms with Crippen molar-refractivity contribution in [2.45, 2.75) is 13.3 Å². The SMILES string of the molecule is CCc1nc(N)nc(-c2ccc(C(=O)OC)c(Cl)c2)c1-c1ccc(N)nc1. The van der Waals surface area contributed by atoms with Crippen molar-refractivity contribution in [3.05, 3.63) is 52.8 Å². The Labute approximate surface area is 161 Å². The molecule has 0 spiro atoms. The van der Waals surface area contributed by atoms with E-state index in [1.165, 1.54) is 7.11 Å². The maximum atomic E-state index is 11.8. The Bertz CT molecular complexity index is 1010. The maximum absolute atomic E-state index is 11.8. The third kappa shape index (κ3) is 3.68. The number of nitrogen functional groups attached to an aromatic ring is 2. The first-order valence-electron chi connectivity index (χ1n) is 8.21. The molecule has 0 saturated carbocycles. The number of nitrogens with two attached hydrogens (primary N) is 2. The highest BCUT2D eigenvalue weighted by atomic mass is 35.5. The van der Waals surface area contributed by atoms with Gasteiger partial charge in [-0.15, -0.1) is 0 Å². The predicted molar refractivity (Wildman–Crippen MR) is 105 cm³/mol. The minimum absolute atomic E-state index is 0.155. The van der Waals surface area contributed by atoms with Crippen molar-refractivity contribution in [3.63, 3.8) is 0 Å². The van der Waals surface area contributed by atoms with Crippen LogP contribution < -0.4 is 11.5 Å². The second kappa shape index (κ2) is 7.59. The van der Waals surface area contributed by atoms with Crippen molar-refractivity contribution in [2.75, 3.05) is 18.6 Å². The number of ether oxygens (including phenoxy) is 1. The number of carbonyl (C=O) groups excluding carboxylic acids is 1. The standard InChI is InChI=1S/C19H18ClN5O2/c1-3-14-16(11-5-7-15(21)23-9-11)17(25-19(22)24-14)10-4-6-12(13(20)8-10)18(26)27-2/h4-9H,3H2,1-2H3,(H2,21,23)(H2,22,24,25). The number of methoxy groups -OCH3 is 1. The highest BCUT2D eigenvalue weighted by Gasteiger charge is 2.19. The molecule has 0 amide bonds. The van der Waals surface area contributed by atoms with E-state index in [1.54, 1.807) is 30.5 Å². The zero-order chi connectivity index (χ0) is 19.6. The molecule has 2 aromatic heterocycles. The zero-order valence-electron chi connectivity index (χ0n) is 14.9. The van der Waals surface area contributed by atoms with Gasteiger partial charge in [0.05, 0.1) is 29.1 Å². The number of aromatic nitrogens is 3. The van der Waals surface area contributed by atoms with Crippen LogP contribution in [0.5, 0.6) is 0 Å². The molecule has 0 bridgehead atoms. The molecule has 1 aromatic carbocycles. The van der Waals surface area contributed by atoms with Crippen LogP contribution in [0.3, 0.4) is 0 Å². The number of hydrogen-bond acceptors (Lipinski definition) is 7. The number of esters is 1. The van der Waals surface area contributed by atoms with E-state index in [1.807, 2.05) is 13.0 Å². The van der Waals surface area contributed by atoms with Gasteiger partial charge in [-0.05, 0) is 30.7 Å². The van der Waals surface area contributed by atoms with Crippen molar-refractivity contribution in [1.29, 1.82) is 0 Å². The molecule has 0 unspecified atom stereocenters. The quantitative estimate of drug-likeness (QED) is 0.663. The van der Waals surface area contributed by atoms with Crippen LogP contribution in [0.1, 0.15) is 23.0 Å². The maximum Gasteiger partial charge on any atom is 0.339 e. The Morgan fingerprint density at radius 3 is 2.48 bits per heavy atom. The number of pyridine rings is 1. The molecule has 0 atom stereocenters. The van der Waals surface area contributed by atoms with Gasteiger partial charge in [-0.1, -0.05) is 24.6 Å². The summed E-state index contributed by atoms with van der Waals surface area (Å²) in [4.78, 5) is 24.7. The average molecular weight is 384 g/mol. The molecule has 2 heterocycles. The van der Waals surface area contributed by atoms with Crippen LogP contribution in [0.25, 0.3) is 22.4 Å². The van der Waals surface area contributed by atoms with Gasteiger partial charge in [0.1, 0.15) is 5.82 Å². The van der Waals surface area contributed by atoms with Crippen LogP contribution in [-0.2, 0) is 11.2 Å². The van der Waals surface area contributed by atoms with E-state index in [0.717, 1.165) is 16.8 Å². The van der Waals surface area contributed by atoms with Gasteiger partial charge in [0.2, 0.25) is 5.95 Å². The minimum Gasteiger partial charge on any atom is -0.465 e. The molecule has 0 fully saturated rings. The number of anilines is 2. The van der Waals surface area contributed by atoms with Crippen LogP contribution in [0, 0.1) is 0 Å². The van der Waals surface area contributed by atoms with Gasteiger partial charge >= 0.3 is 5.97 Å². The molecule has 8 heteroatoms. The second-order valence-electron chi connectivity index (χ2n) is 5.76. The summed E-state index contributed by atoms with van der Waals surface area (Å²) in [6.45, 7) is 1.98. The zero-order valence-corrected chi connectivity index (χ0v) is 15.6. The summed E-state index contributed by atoms with van der Waals surface area (Å²) in [5.74, 6) is 0.0633. The lowest BCUT2D eigenvalue weighted by atomic mass is 9.97. The first kappa shape index (κ1) is 18.6. The highest BCUT2D eigenvalue weighted by Crippen LogP contribution is 2.35. The number of aryl methyl sites for hydroxylation is 1. The lowest BCUT2D eigenvalue weighted by Gasteiger charge is -2.15. The summed E-state index contributed by atoms with van der Waals surface area (Å²) in [6.07, 6.45) is 2.31. The van der Waals surface area contributed by atoms with Gasteiger partial charge in [0.15, 0.2) is 0 Å². The van der Waals surface area contributed by atoms with Crippen molar-refractivity contribution < 1.29 is 9.53 Å². The molecule has 4 N–H and O–H groups in total. The molecule has 0 aliphatic heterocycles. The lowest BCUT2D eigenvalue weighted by molar-refractivity contribution is 0.0601. The highest BCUT2D eigenvalue weighted by molar-refractivity contribution is 6.33. The van der Waals surface area contributed by atoms with E-state index in [0.29, 0.717) is 23.5 Å². The van der Waals surface area contributed by atoms with Gasteiger partial charge in [-0.3, -0.25) is 0 Å². The van der Waals surface area contributed by atoms with Gasteiger partial charge in [-0.2, -0.15) is 0 Å². The second-order valence-corrected chi connectivity index (χ2v) is 6.17. The summed E-state index contributed by atoms with van der Waals surface area (Å²) < 4.78 is 4.73. The Hall–Kier alpha value is -3.19. The molecule has 0 saturated heterocycles. The molecular formula is C19H18ClN5O2. The molecule has 27 heavy (non-hydrogen) atoms. The monoisotopic (exact) mass is 383 g/mol. The average Bonchev–Trinajstić information content (AvgIpc) is 2.67. The smallest absolute Gasteiger partial charge is 0.339 e. The molecule has 7 nitrogen and oxygen atoms in total. The Kier molecular flexibility index (Phi) is 5.23. The van der Waals surface area contributed by atoms with Crippen molar-refractivity contribution in [2.24, 2.45) is 0 Å². The van der Waals surface area contributed by atoms with Gasteiger partial charge in [-0.25, -0.2) is 19.7 Å². The Morgan fingerprint density at radius 2 is 1.89 bits per heavy atom. The fraction of sp³-hybridized carbons (Fsp3) is 0.158. The van der Waals surface area contributed by atoms with Crippen LogP contribution in [-0.4, -0.2) is 28.0 Å². The summed E-state index contributed by atoms with van der Waals surface area (Å²) in [6, 6.07) is 8.56. The summed E-state index contributed by atoms with van der Waals surface area (Å²) in [7, 11) is 1.30. The lowest BCUT2D eigenvalue weighted by Crippen LogP contribution is -2.06. The molecule has 3 rings (SSSR count). The predicted octanol–water partition coefficient (Wildman–Crippen LogP) is 3.37. The topological polar surface area (TPSA) is 117 Å². The van der Waals surface area contributed by atoms with Gasteiger partial charge in [0.25, 0.3) is 0 Å². The van der Waals surface area contributed by atoms with Crippen molar-refractivity contribution >= 4 is 29.3 Å². The van der Waals surface area contributed by atoms with Crippen LogP contribution in [0.15, 0.2) is 36.5 Å². The van der Waals surface area contributed by atoms with E-state index in [2.05, 4.69) is 15.0 Å². The largest absolute Gasteiger partial charge is 0.465 e. The number of halogens is 1. The van der Waals surface area contributed by atoms with E-state index < -0.39 is 5.97 Å². The molecule has 0 aliphatic rings. The van der Waals surface area contributed by atoms with E-state index in [9.17, 15) is 4.79 Å². The van der Waals surface area contributed by atoms with Crippen molar-refractivity contribution in [3.8, 4) is 22.4 Å². The third-order valence-corrected chi connectivity index (χ3v) is 4.37. The number of nitrogens with zero attached hydrogens (tertiary/aromatic N) is 3. The van der Waals surface area contributed by atoms with Crippen LogP contribution in [0.2, 0.25) is 5.02 Å². The number of benzene rings is 1. The normalized spacial score (nSPS) is 10.6. The van der Waals surface area contributed by atoms with Gasteiger partial charge in [0, 0.05) is 22.9 Å². The van der Waals surface area contributed by atoms with E-state index in [-0.39, 0.29) is 16.5 Å². The molecular weight excluding hydrogens is 366 g/mol. The van der Waals surface area contributed by atoms with Crippen molar-refractivity contribution in [1.82, 2.24) is 15.0 Å². The minimum atomic E-state index is -0.508. The Morgan fingerprint density at radius 1 is 1.15 bits per heavy atom. The fourth-order valence-electron chi connectivity index (χ4n) is 2.79. The Balaban J connectivity index is 2.23. The first-order valence-corrected chi connectivity index (χ1v) is 8.59. The van der Waals surface area contributed by atoms with Crippen LogP contribution in [0.4, 0.5) is 11.8 Å². The molecule has 0 radical (unpaired) electrons. The summed E-state index contributed by atoms with van der Waals surface area (Å²) >= 11 is 6.28. The number of hydrogen-bond donors (Lipinski definition) is 2. The van der Waals surface area contributed by atoms with E-state index in [4.69, 9.17) is 27.8 Å². The third-order valence-electron chi connectivity index (χ3n) is 4.06. The molecule has 0 aliphatic carbocycles. The molecule has 3 aromatic rings. The van der Waals surface area contributed by atoms with Crippen LogP contribution >= 0.6 is 11.6 Å². The first-order chi connectivity index (χ1) is 12.9. The number of carbonyl (C=O) groups is 1. The number of rotatable bonds is 4. The fourth-order valence-corrected chi connectivity index (χ4v) is 3.04. The summed E-state index contributed by atoms with van der Waals surface area (Å²) in [5.41, 5.74) is 15.6. The van der Waals surface area contributed by atoms with E-state index >= 15 is 0 Å². The van der Waals surface area contributed by atoms with Gasteiger partial charge < -0.3 is 16.2 Å². The summed E-state index contributed by atoms with van der Waals surface area (Å²) in [5, 5.41) is 0.260. The molecule has 138 valence electrons.